The van der Waals surface area contributed by atoms with Gasteiger partial charge in [-0.2, -0.15) is 0 Å². The molecule has 0 aliphatic rings. The summed E-state index contributed by atoms with van der Waals surface area (Å²) in [6, 6.07) is 14.5. The minimum absolute atomic E-state index is 0.0570. The molecule has 2 aromatic carbocycles. The molecule has 0 bridgehead atoms. The molecule has 0 heterocycles. The number of nitro benzene ring substituents is 1. The van der Waals surface area contributed by atoms with Crippen molar-refractivity contribution in [1.82, 2.24) is 5.32 Å². The number of hydrogen-bond donors (Lipinski definition) is 1. The number of benzene rings is 2. The summed E-state index contributed by atoms with van der Waals surface area (Å²) in [7, 11) is 0. The molecule has 0 aliphatic heterocycles. The molecule has 7 heteroatoms. The molecule has 6 nitrogen and oxygen atoms in total. The van der Waals surface area contributed by atoms with E-state index in [1.54, 1.807) is 30.3 Å². The van der Waals surface area contributed by atoms with Gasteiger partial charge in [-0.3, -0.25) is 0 Å². The monoisotopic (exact) mass is 348 g/mol. The first kappa shape index (κ1) is 14.9. The van der Waals surface area contributed by atoms with Crippen molar-refractivity contribution in [3.8, 4) is 0 Å². The van der Waals surface area contributed by atoms with E-state index in [1.165, 1.54) is 18.2 Å². The number of nitrogens with zero attached hydrogens (tertiary/aromatic N) is 2. The number of carbonyl (C=O) groups excluding carboxylic acids is 1. The summed E-state index contributed by atoms with van der Waals surface area (Å²) >= 11 is 2.62. The molecule has 0 aliphatic carbocycles. The Morgan fingerprint density at radius 1 is 1.14 bits per heavy atom. The van der Waals surface area contributed by atoms with Crippen molar-refractivity contribution < 1.29 is 9.72 Å². The Balaban J connectivity index is 2.13. The topological polar surface area (TPSA) is 84.6 Å². The van der Waals surface area contributed by atoms with Gasteiger partial charge in [0.25, 0.3) is 0 Å². The zero-order chi connectivity index (χ0) is 15.2. The second kappa shape index (κ2) is 6.78. The van der Waals surface area contributed by atoms with E-state index >= 15 is 0 Å². The van der Waals surface area contributed by atoms with Gasteiger partial charge in [-0.1, -0.05) is 0 Å². The van der Waals surface area contributed by atoms with E-state index < -0.39 is 4.92 Å². The maximum atomic E-state index is 11.9. The van der Waals surface area contributed by atoms with E-state index in [-0.39, 0.29) is 16.3 Å². The Hall–Kier alpha value is -2.50. The Bertz CT molecular complexity index is 702. The van der Waals surface area contributed by atoms with Crippen molar-refractivity contribution in [2.24, 2.45) is 4.99 Å². The summed E-state index contributed by atoms with van der Waals surface area (Å²) < 4.78 is 0.240. The molecule has 2 aromatic rings. The molecule has 105 valence electrons. The summed E-state index contributed by atoms with van der Waals surface area (Å²) in [6.07, 6.45) is 0. The van der Waals surface area contributed by atoms with E-state index in [0.717, 1.165) is 0 Å². The molecule has 0 saturated carbocycles. The fourth-order valence-corrected chi connectivity index (χ4v) is 2.00. The number of rotatable bonds is 3. The van der Waals surface area contributed by atoms with Gasteiger partial charge in [-0.15, -0.1) is 0 Å². The number of hydrogen-bond acceptors (Lipinski definition) is 4. The van der Waals surface area contributed by atoms with Gasteiger partial charge >= 0.3 is 128 Å². The number of amides is 1. The molecule has 0 unspecified atom stereocenters. The molecule has 0 saturated heterocycles. The Kier molecular flexibility index (Phi) is 4.81. The van der Waals surface area contributed by atoms with Crippen LogP contribution in [0.4, 0.5) is 11.4 Å². The summed E-state index contributed by atoms with van der Waals surface area (Å²) in [5.74, 6) is -0.307. The first-order chi connectivity index (χ1) is 10.1. The standard InChI is InChI=1S/C14H10N3O3Se/c18-13(10-5-2-1-3-6-10)16-14(21)15-11-7-4-8-12(9-11)17(19)20/h1-9H,(H,15,16,18). The van der Waals surface area contributed by atoms with Crippen LogP contribution in [0.1, 0.15) is 10.4 Å². The van der Waals surface area contributed by atoms with E-state index in [2.05, 4.69) is 26.3 Å². The minimum atomic E-state index is -0.499. The van der Waals surface area contributed by atoms with E-state index in [9.17, 15) is 14.9 Å². The van der Waals surface area contributed by atoms with Crippen molar-refractivity contribution in [3.05, 3.63) is 70.3 Å². The van der Waals surface area contributed by atoms with Crippen LogP contribution in [0.15, 0.2) is 59.6 Å². The van der Waals surface area contributed by atoms with Crippen LogP contribution in [0.3, 0.4) is 0 Å². The van der Waals surface area contributed by atoms with Gasteiger partial charge in [0.1, 0.15) is 0 Å². The van der Waals surface area contributed by atoms with Gasteiger partial charge in [-0.05, 0) is 0 Å². The average Bonchev–Trinajstić information content (AvgIpc) is 2.48. The number of nitrogens with one attached hydrogen (secondary N) is 1. The Morgan fingerprint density at radius 2 is 1.86 bits per heavy atom. The molecule has 21 heavy (non-hydrogen) atoms. The predicted molar refractivity (Wildman–Crippen MR) is 79.9 cm³/mol. The molecule has 1 radical (unpaired) electrons. The van der Waals surface area contributed by atoms with Gasteiger partial charge < -0.3 is 0 Å². The third kappa shape index (κ3) is 4.24. The fraction of sp³-hybridized carbons (Fsp3) is 0. The number of carbonyl (C=O) groups is 1. The van der Waals surface area contributed by atoms with Gasteiger partial charge in [0, 0.05) is 0 Å². The Labute approximate surface area is 128 Å². The van der Waals surface area contributed by atoms with E-state index in [4.69, 9.17) is 0 Å². The van der Waals surface area contributed by atoms with Crippen molar-refractivity contribution in [1.29, 1.82) is 0 Å². The second-order valence-corrected chi connectivity index (χ2v) is 4.83. The summed E-state index contributed by atoms with van der Waals surface area (Å²) in [4.78, 5) is 26.2. The molecule has 0 fully saturated rings. The van der Waals surface area contributed by atoms with Crippen LogP contribution in [0.25, 0.3) is 0 Å². The molecule has 1 N–H and O–H groups in total. The van der Waals surface area contributed by atoms with E-state index in [0.29, 0.717) is 11.3 Å². The normalized spacial score (nSPS) is 11.0. The summed E-state index contributed by atoms with van der Waals surface area (Å²) in [5.41, 5.74) is 0.823. The number of nitro groups is 1. The Morgan fingerprint density at radius 3 is 2.52 bits per heavy atom. The van der Waals surface area contributed by atoms with Crippen molar-refractivity contribution in [2.45, 2.75) is 0 Å². The van der Waals surface area contributed by atoms with Crippen molar-refractivity contribution >= 4 is 38.0 Å². The molecule has 1 amide bonds. The molecule has 0 atom stereocenters. The first-order valence-corrected chi connectivity index (χ1v) is 6.78. The zero-order valence-corrected chi connectivity index (χ0v) is 12.4. The van der Waals surface area contributed by atoms with E-state index in [1.807, 2.05) is 6.07 Å². The number of non-ortho nitro benzene ring substituents is 1. The molecule has 0 aromatic heterocycles. The van der Waals surface area contributed by atoms with Crippen molar-refractivity contribution in [2.75, 3.05) is 0 Å². The molecule has 2 rings (SSSR count). The van der Waals surface area contributed by atoms with Gasteiger partial charge in [-0.25, -0.2) is 0 Å². The van der Waals surface area contributed by atoms with Crippen LogP contribution < -0.4 is 5.32 Å². The predicted octanol–water partition coefficient (Wildman–Crippen LogP) is 2.18. The third-order valence-electron chi connectivity index (χ3n) is 2.53. The molecular formula is C14H10N3O3Se. The average molecular weight is 347 g/mol. The van der Waals surface area contributed by atoms with Gasteiger partial charge in [0.05, 0.1) is 0 Å². The van der Waals surface area contributed by atoms with Crippen LogP contribution in [0.5, 0.6) is 0 Å². The number of amidine groups is 1. The van der Waals surface area contributed by atoms with Crippen LogP contribution in [0.2, 0.25) is 0 Å². The second-order valence-electron chi connectivity index (χ2n) is 4.01. The van der Waals surface area contributed by atoms with Crippen LogP contribution in [-0.2, 0) is 0 Å². The van der Waals surface area contributed by atoms with Crippen LogP contribution >= 0.6 is 0 Å². The first-order valence-electron chi connectivity index (χ1n) is 5.93. The SMILES string of the molecule is O=C(NC([Se])=Nc1cccc([N+](=O)[O-])c1)c1ccccc1. The molecule has 0 spiro atoms. The maximum absolute atomic E-state index is 11.9. The number of aliphatic imine (C=N–C) groups is 1. The van der Waals surface area contributed by atoms with Crippen LogP contribution in [0, 0.1) is 10.1 Å². The summed E-state index contributed by atoms with van der Waals surface area (Å²) in [5, 5.41) is 13.3. The molecular weight excluding hydrogens is 337 g/mol. The van der Waals surface area contributed by atoms with Crippen molar-refractivity contribution in [3.63, 3.8) is 0 Å². The van der Waals surface area contributed by atoms with Gasteiger partial charge in [0.15, 0.2) is 0 Å². The summed E-state index contributed by atoms with van der Waals surface area (Å²) in [6.45, 7) is 0. The third-order valence-corrected chi connectivity index (χ3v) is 2.93. The van der Waals surface area contributed by atoms with Gasteiger partial charge in [0.2, 0.25) is 0 Å². The fourth-order valence-electron chi connectivity index (χ4n) is 1.58. The van der Waals surface area contributed by atoms with Crippen LogP contribution in [-0.4, -0.2) is 31.6 Å². The zero-order valence-electron chi connectivity index (χ0n) is 10.7. The quantitative estimate of drug-likeness (QED) is 0.304.